The van der Waals surface area contributed by atoms with E-state index in [1.807, 2.05) is 12.1 Å². The summed E-state index contributed by atoms with van der Waals surface area (Å²) < 4.78 is 14.3. The van der Waals surface area contributed by atoms with Crippen molar-refractivity contribution in [3.63, 3.8) is 0 Å². The van der Waals surface area contributed by atoms with Crippen molar-refractivity contribution in [1.29, 1.82) is 0 Å². The van der Waals surface area contributed by atoms with Gasteiger partial charge >= 0.3 is 0 Å². The summed E-state index contributed by atoms with van der Waals surface area (Å²) in [6.07, 6.45) is 3.35. The van der Waals surface area contributed by atoms with Crippen molar-refractivity contribution in [3.05, 3.63) is 64.9 Å². The number of fused-ring (bicyclic) bond motifs is 1. The minimum atomic E-state index is -0.378. The van der Waals surface area contributed by atoms with Gasteiger partial charge in [0.2, 0.25) is 5.91 Å². The Morgan fingerprint density at radius 3 is 2.74 bits per heavy atom. The molecule has 27 heavy (non-hydrogen) atoms. The van der Waals surface area contributed by atoms with Gasteiger partial charge in [-0.2, -0.15) is 4.91 Å². The second-order valence-corrected chi connectivity index (χ2v) is 6.69. The lowest BCUT2D eigenvalue weighted by molar-refractivity contribution is -0.119. The molecular weight excluding hydrogens is 347 g/mol. The lowest BCUT2D eigenvalue weighted by Crippen LogP contribution is -2.39. The third kappa shape index (κ3) is 3.41. The molecule has 2 N–H and O–H groups in total. The van der Waals surface area contributed by atoms with Gasteiger partial charge in [0, 0.05) is 23.1 Å². The van der Waals surface area contributed by atoms with E-state index in [9.17, 15) is 14.1 Å². The van der Waals surface area contributed by atoms with E-state index in [-0.39, 0.29) is 24.2 Å². The Bertz CT molecular complexity index is 1050. The van der Waals surface area contributed by atoms with Crippen LogP contribution in [-0.2, 0) is 11.3 Å². The smallest absolute Gasteiger partial charge is 0.245 e. The molecular formula is C20H17FN4O2. The van der Waals surface area contributed by atoms with Crippen molar-refractivity contribution in [2.24, 2.45) is 16.9 Å². The van der Waals surface area contributed by atoms with Gasteiger partial charge in [0.15, 0.2) is 0 Å². The minimum Gasteiger partial charge on any atom is -0.273 e. The van der Waals surface area contributed by atoms with Gasteiger partial charge in [-0.1, -0.05) is 23.4 Å². The minimum absolute atomic E-state index is 0.00554. The number of carbonyl (C=O) groups excluding carboxylic acids is 1. The molecule has 0 bridgehead atoms. The SMILES string of the molecule is NN(C(=O)C1CC1)c1cc2ccc(-c3cc(CN=O)ccc3F)cc2cn1. The molecule has 3 aromatic rings. The van der Waals surface area contributed by atoms with E-state index in [2.05, 4.69) is 10.2 Å². The monoisotopic (exact) mass is 364 g/mol. The van der Waals surface area contributed by atoms with Crippen LogP contribution < -0.4 is 10.9 Å². The molecule has 1 heterocycles. The fourth-order valence-electron chi connectivity index (χ4n) is 3.04. The van der Waals surface area contributed by atoms with Crippen molar-refractivity contribution in [2.45, 2.75) is 19.4 Å². The van der Waals surface area contributed by atoms with E-state index >= 15 is 0 Å². The highest BCUT2D eigenvalue weighted by atomic mass is 19.1. The summed E-state index contributed by atoms with van der Waals surface area (Å²) in [6, 6.07) is 11.7. The van der Waals surface area contributed by atoms with Gasteiger partial charge in [-0.25, -0.2) is 20.2 Å². The summed E-state index contributed by atoms with van der Waals surface area (Å²) in [5.74, 6) is 5.78. The fraction of sp³-hybridized carbons (Fsp3) is 0.200. The lowest BCUT2D eigenvalue weighted by atomic mass is 10.00. The molecule has 1 fully saturated rings. The summed E-state index contributed by atoms with van der Waals surface area (Å²) >= 11 is 0. The molecule has 0 radical (unpaired) electrons. The molecule has 136 valence electrons. The molecule has 1 aliphatic carbocycles. The average Bonchev–Trinajstić information content (AvgIpc) is 3.53. The molecule has 7 heteroatoms. The van der Waals surface area contributed by atoms with Crippen LogP contribution in [-0.4, -0.2) is 10.9 Å². The van der Waals surface area contributed by atoms with Gasteiger partial charge < -0.3 is 0 Å². The normalized spacial score (nSPS) is 13.6. The van der Waals surface area contributed by atoms with Gasteiger partial charge in [0.1, 0.15) is 18.2 Å². The van der Waals surface area contributed by atoms with Crippen molar-refractivity contribution in [1.82, 2.24) is 4.98 Å². The van der Waals surface area contributed by atoms with E-state index < -0.39 is 0 Å². The number of nitrogens with two attached hydrogens (primary N) is 1. The van der Waals surface area contributed by atoms with E-state index in [4.69, 9.17) is 5.84 Å². The first kappa shape index (κ1) is 17.2. The quantitative estimate of drug-likeness (QED) is 0.322. The van der Waals surface area contributed by atoms with Crippen LogP contribution in [0.3, 0.4) is 0 Å². The summed E-state index contributed by atoms with van der Waals surface area (Å²) in [6.45, 7) is -0.00681. The van der Waals surface area contributed by atoms with Gasteiger partial charge in [-0.3, -0.25) is 4.79 Å². The molecule has 0 aliphatic heterocycles. The number of pyridine rings is 1. The number of rotatable bonds is 5. The maximum Gasteiger partial charge on any atom is 0.245 e. The first-order chi connectivity index (χ1) is 13.1. The van der Waals surface area contributed by atoms with Crippen molar-refractivity contribution in [3.8, 4) is 11.1 Å². The summed E-state index contributed by atoms with van der Waals surface area (Å²) in [5, 5.41) is 5.58. The van der Waals surface area contributed by atoms with Crippen molar-refractivity contribution >= 4 is 22.5 Å². The molecule has 1 saturated carbocycles. The number of hydrogen-bond acceptors (Lipinski definition) is 5. The Balaban J connectivity index is 1.69. The molecule has 2 aromatic carbocycles. The second kappa shape index (κ2) is 6.85. The number of nitrogens with zero attached hydrogens (tertiary/aromatic N) is 3. The topological polar surface area (TPSA) is 88.6 Å². The van der Waals surface area contributed by atoms with Crippen molar-refractivity contribution < 1.29 is 9.18 Å². The predicted octanol–water partition coefficient (Wildman–Crippen LogP) is 3.92. The van der Waals surface area contributed by atoms with E-state index in [0.717, 1.165) is 28.6 Å². The standard InChI is InChI=1S/C20H17FN4O2/c21-18-6-1-12(10-24-27)7-17(18)15-5-4-14-9-19(23-11-16(14)8-15)25(22)20(26)13-2-3-13/h1,4-9,11,13H,2-3,10,22H2. The van der Waals surface area contributed by atoms with E-state index in [0.29, 0.717) is 22.5 Å². The maximum absolute atomic E-state index is 14.3. The van der Waals surface area contributed by atoms with Gasteiger partial charge in [0.05, 0.1) is 0 Å². The third-order valence-corrected chi connectivity index (χ3v) is 4.71. The van der Waals surface area contributed by atoms with E-state index in [1.165, 1.54) is 6.07 Å². The Morgan fingerprint density at radius 1 is 1.19 bits per heavy atom. The first-order valence-corrected chi connectivity index (χ1v) is 8.63. The molecule has 6 nitrogen and oxygen atoms in total. The zero-order chi connectivity index (χ0) is 19.0. The highest BCUT2D eigenvalue weighted by Crippen LogP contribution is 2.32. The second-order valence-electron chi connectivity index (χ2n) is 6.69. The average molecular weight is 364 g/mol. The zero-order valence-corrected chi connectivity index (χ0v) is 14.4. The Hall–Kier alpha value is -3.19. The molecule has 1 aliphatic rings. The van der Waals surface area contributed by atoms with Crippen LogP contribution in [0.15, 0.2) is 53.8 Å². The van der Waals surface area contributed by atoms with Crippen LogP contribution in [0, 0.1) is 16.6 Å². The highest BCUT2D eigenvalue weighted by molar-refractivity contribution is 5.97. The number of hydrogen-bond donors (Lipinski definition) is 1. The Morgan fingerprint density at radius 2 is 2.00 bits per heavy atom. The zero-order valence-electron chi connectivity index (χ0n) is 14.4. The fourth-order valence-corrected chi connectivity index (χ4v) is 3.04. The maximum atomic E-state index is 14.3. The molecule has 0 atom stereocenters. The summed E-state index contributed by atoms with van der Waals surface area (Å²) in [4.78, 5) is 26.8. The number of amides is 1. The molecule has 4 rings (SSSR count). The number of carbonyl (C=O) groups is 1. The third-order valence-electron chi connectivity index (χ3n) is 4.71. The molecule has 0 spiro atoms. The van der Waals surface area contributed by atoms with Crippen LogP contribution in [0.25, 0.3) is 21.9 Å². The number of benzene rings is 2. The molecule has 0 unspecified atom stereocenters. The van der Waals surface area contributed by atoms with Gasteiger partial charge in [-0.05, 0) is 53.6 Å². The Labute approximate surface area is 154 Å². The number of halogens is 1. The van der Waals surface area contributed by atoms with Crippen LogP contribution in [0.5, 0.6) is 0 Å². The van der Waals surface area contributed by atoms with Crippen molar-refractivity contribution in [2.75, 3.05) is 5.01 Å². The lowest BCUT2D eigenvalue weighted by Gasteiger charge is -2.16. The van der Waals surface area contributed by atoms with Crippen LogP contribution in [0.1, 0.15) is 18.4 Å². The number of aromatic nitrogens is 1. The molecule has 1 amide bonds. The number of nitroso groups, excluding NO2 is 1. The summed E-state index contributed by atoms with van der Waals surface area (Å²) in [5.41, 5.74) is 1.71. The van der Waals surface area contributed by atoms with Crippen LogP contribution >= 0.6 is 0 Å². The largest absolute Gasteiger partial charge is 0.273 e. The van der Waals surface area contributed by atoms with E-state index in [1.54, 1.807) is 30.5 Å². The van der Waals surface area contributed by atoms with Gasteiger partial charge in [0.25, 0.3) is 0 Å². The van der Waals surface area contributed by atoms with Gasteiger partial charge in [-0.15, -0.1) is 0 Å². The molecule has 0 saturated heterocycles. The molecule has 1 aromatic heterocycles. The Kier molecular flexibility index (Phi) is 4.37. The van der Waals surface area contributed by atoms with Crippen LogP contribution in [0.2, 0.25) is 0 Å². The summed E-state index contributed by atoms with van der Waals surface area (Å²) in [7, 11) is 0. The first-order valence-electron chi connectivity index (χ1n) is 8.63. The number of anilines is 1. The van der Waals surface area contributed by atoms with Crippen LogP contribution in [0.4, 0.5) is 10.2 Å². The number of hydrazine groups is 1. The highest BCUT2D eigenvalue weighted by Gasteiger charge is 2.33. The predicted molar refractivity (Wildman–Crippen MR) is 101 cm³/mol.